The zero-order valence-corrected chi connectivity index (χ0v) is 76.5. The highest BCUT2D eigenvalue weighted by Crippen LogP contribution is 2.69. The summed E-state index contributed by atoms with van der Waals surface area (Å²) < 4.78 is 59.2. The van der Waals surface area contributed by atoms with E-state index in [0.717, 1.165) is 151 Å². The van der Waals surface area contributed by atoms with Gasteiger partial charge in [-0.25, -0.2) is 18.7 Å². The van der Waals surface area contributed by atoms with Gasteiger partial charge in [0.25, 0.3) is 0 Å². The molecule has 2 saturated heterocycles. The van der Waals surface area contributed by atoms with Crippen LogP contribution >= 0.6 is 0 Å². The van der Waals surface area contributed by atoms with Crippen LogP contribution in [0.3, 0.4) is 0 Å². The van der Waals surface area contributed by atoms with Crippen LogP contribution in [-0.4, -0.2) is 139 Å². The lowest BCUT2D eigenvalue weighted by Gasteiger charge is -2.52. The minimum Gasteiger partial charge on any atom is -0.487 e. The van der Waals surface area contributed by atoms with Gasteiger partial charge in [-0.1, -0.05) is 96.5 Å². The SMILES string of the molecule is CC1(C)O[C@H]2Cn3cc(nn3)COc3ccc4c(c3)CC[C@@H]3[C@@H]4CC[C@@]4(C)[C@H]3CC[C@@]4(O)C#CC#C[C@]3(O)CC[C@H]4[C@@H]5CCc6cc(ccc6[C@H]5CC[C@@]43C)OCc3cn(nn3)C[C@@H]3OC(C)(C)O[C@H]3Cn3cc(nn3)COc3ccc4c(c3)CC[C@@H]3[C@@H]4CC[C@@]4(C)[C@H]3CC[C@@]4(O)C#CC#C[C@]3(O)CC[C@H]4[C@@H]5CCc6cc(ccc6[C@H]5CC[C@@]43C)OCc3cn(nn3)C[C@@H]2O1. The lowest BCUT2D eigenvalue weighted by Crippen LogP contribution is -2.50. The number of benzene rings is 4. The highest BCUT2D eigenvalue weighted by Gasteiger charge is 2.66. The molecule has 10 fully saturated rings. The van der Waals surface area contributed by atoms with Gasteiger partial charge in [0, 0.05) is 21.7 Å². The first kappa shape index (κ1) is 84.8. The maximum Gasteiger partial charge on any atom is 0.163 e. The van der Waals surface area contributed by atoms with Crippen molar-refractivity contribution in [3.05, 3.63) is 165 Å². The Morgan fingerprint density at radius 1 is 0.300 bits per heavy atom. The molecule has 130 heavy (non-hydrogen) atoms. The van der Waals surface area contributed by atoms with Crippen LogP contribution in [0.15, 0.2) is 97.6 Å². The fourth-order valence-electron chi connectivity index (χ4n) is 29.8. The molecule has 24 heteroatoms. The van der Waals surface area contributed by atoms with Crippen LogP contribution < -0.4 is 18.9 Å². The van der Waals surface area contributed by atoms with Gasteiger partial charge in [0.1, 0.15) is 119 Å². The molecule has 38 rings (SSSR count). The zero-order chi connectivity index (χ0) is 88.7. The van der Waals surface area contributed by atoms with Gasteiger partial charge < -0.3 is 58.3 Å². The molecule has 24 atom stereocenters. The average molecular weight is 1760 g/mol. The molecule has 0 spiro atoms. The van der Waals surface area contributed by atoms with Gasteiger partial charge in [0.05, 0.1) is 51.0 Å². The second-order valence-electron chi connectivity index (χ2n) is 43.8. The van der Waals surface area contributed by atoms with Crippen molar-refractivity contribution in [2.75, 3.05) is 0 Å². The Morgan fingerprint density at radius 2 is 0.531 bits per heavy atom. The Kier molecular flexibility index (Phi) is 20.6. The van der Waals surface area contributed by atoms with E-state index in [1.165, 1.54) is 44.5 Å². The van der Waals surface area contributed by atoms with Crippen molar-refractivity contribution in [1.29, 1.82) is 0 Å². The number of aromatic nitrogens is 12. The molecule has 24 nitrogen and oxygen atoms in total. The molecule has 40 bridgehead atoms. The van der Waals surface area contributed by atoms with Gasteiger partial charge in [0.15, 0.2) is 11.6 Å². The van der Waals surface area contributed by atoms with E-state index in [1.54, 1.807) is 0 Å². The molecule has 680 valence electrons. The third kappa shape index (κ3) is 14.5. The Hall–Kier alpha value is -9.44. The molecule has 8 aromatic rings. The molecule has 22 heterocycles. The third-order valence-electron chi connectivity index (χ3n) is 36.5. The standard InChI is InChI=1S/C106H124N12O12/c1-97(2)127-93-57-115-53-69(107-111-115)61-123-73-17-25-77-65(49-73)13-21-85-81(77)29-41-99(5)89(85)33-45-103(99,119)37-9-11-39-105(121)47-35-91-87-23-15-67-51-75(19-27-79(67)83(87)31-43-101(91,105)7)125-63-71-55-117(113-109-71)59-95-96(130-98(3,4)129-95)60-118-56-72(110-114-118)64-126-76-20-28-80-68(52-76)16-24-88-84(80)32-44-102(8)92(88)36-48-106(102,122)40-12-10-38-104(120)46-34-90-86-22-14-66-50-74(18-26-78(66)82(86)30-42-100(90,104)6)124-62-70-54-116(112-108-70)58-94(93)128-97/h17-20,25-28,49-56,81-96,119-122H,13-16,21-24,29-36,41-48,57-64H2,1-8H3/t81-,82-,83-,84-,85-,86-,87-,88-,89+,90+,91+,92+,93+,94+,95+,96+,99+,100+,101+,102+,103+,104+,105+,106+/m1/s1. The molecule has 0 unspecified atom stereocenters. The normalized spacial score (nSPS) is 38.7. The summed E-state index contributed by atoms with van der Waals surface area (Å²) in [7, 11) is 0. The summed E-state index contributed by atoms with van der Waals surface area (Å²) in [5.41, 5.74) is 7.70. The van der Waals surface area contributed by atoms with Crippen molar-refractivity contribution in [2.45, 2.75) is 344 Å². The molecule has 4 aromatic heterocycles. The van der Waals surface area contributed by atoms with Gasteiger partial charge in [-0.05, 0) is 370 Å². The molecule has 4 N–H and O–H groups in total. The van der Waals surface area contributed by atoms with Gasteiger partial charge in [-0.3, -0.25) is 0 Å². The number of nitrogens with zero attached hydrogens (tertiary/aromatic N) is 12. The van der Waals surface area contributed by atoms with E-state index in [-0.39, 0.29) is 72.5 Å². The maximum atomic E-state index is 12.7. The van der Waals surface area contributed by atoms with Crippen LogP contribution in [-0.2, 0) is 97.2 Å². The monoisotopic (exact) mass is 1760 g/mol. The van der Waals surface area contributed by atoms with Crippen LogP contribution in [0.2, 0.25) is 0 Å². The Bertz CT molecular complexity index is 5310. The molecular formula is C106H124N12O12. The number of aliphatic hydroxyl groups is 4. The molecule has 18 aliphatic heterocycles. The number of hydrogen-bond donors (Lipinski definition) is 4. The highest BCUT2D eigenvalue weighted by atomic mass is 16.8. The zero-order valence-electron chi connectivity index (χ0n) is 76.5. The third-order valence-corrected chi connectivity index (χ3v) is 36.5. The van der Waals surface area contributed by atoms with Crippen molar-refractivity contribution in [3.8, 4) is 70.4 Å². The van der Waals surface area contributed by atoms with Crippen molar-refractivity contribution in [1.82, 2.24) is 60.0 Å². The second kappa shape index (κ2) is 31.6. The first-order valence-corrected chi connectivity index (χ1v) is 48.9. The summed E-state index contributed by atoms with van der Waals surface area (Å²) in [6.07, 6.45) is 27.9. The van der Waals surface area contributed by atoms with E-state index in [4.69, 9.17) is 37.9 Å². The number of rotatable bonds is 0. The first-order valence-electron chi connectivity index (χ1n) is 48.9. The minimum atomic E-state index is -1.16. The Morgan fingerprint density at radius 3 is 0.762 bits per heavy atom. The summed E-state index contributed by atoms with van der Waals surface area (Å²) >= 11 is 0. The van der Waals surface area contributed by atoms with Crippen LogP contribution in [0.5, 0.6) is 23.0 Å². The smallest absolute Gasteiger partial charge is 0.163 e. The van der Waals surface area contributed by atoms with Crippen LogP contribution in [0.1, 0.15) is 275 Å². The van der Waals surface area contributed by atoms with Crippen molar-refractivity contribution in [3.63, 3.8) is 0 Å². The second-order valence-corrected chi connectivity index (χ2v) is 43.8. The van der Waals surface area contributed by atoms with Gasteiger partial charge >= 0.3 is 0 Å². The van der Waals surface area contributed by atoms with E-state index < -0.39 is 34.0 Å². The van der Waals surface area contributed by atoms with Crippen molar-refractivity contribution < 1.29 is 58.3 Å². The molecule has 12 aliphatic carbocycles. The highest BCUT2D eigenvalue weighted by molar-refractivity contribution is 5.48. The minimum absolute atomic E-state index is 0.265. The largest absolute Gasteiger partial charge is 0.487 e. The summed E-state index contributed by atoms with van der Waals surface area (Å²) in [4.78, 5) is 0. The van der Waals surface area contributed by atoms with Crippen LogP contribution in [0.25, 0.3) is 0 Å². The van der Waals surface area contributed by atoms with Crippen molar-refractivity contribution >= 4 is 0 Å². The molecule has 8 saturated carbocycles. The number of aryl methyl sites for hydroxylation is 4. The molecule has 4 aromatic carbocycles. The van der Waals surface area contributed by atoms with Gasteiger partial charge in [0.2, 0.25) is 0 Å². The molecule has 0 radical (unpaired) electrons. The fourth-order valence-corrected chi connectivity index (χ4v) is 29.8. The van der Waals surface area contributed by atoms with E-state index in [2.05, 4.69) is 189 Å². The lowest BCUT2D eigenvalue weighted by molar-refractivity contribution is -0.149. The fraction of sp³-hybridized carbons (Fsp3) is 0.623. The molecule has 30 aliphatic rings. The summed E-state index contributed by atoms with van der Waals surface area (Å²) in [5.74, 6) is 32.6. The molecular weight excluding hydrogens is 1630 g/mol. The predicted octanol–water partition coefficient (Wildman–Crippen LogP) is 14.9. The van der Waals surface area contributed by atoms with Gasteiger partial charge in [-0.15, -0.1) is 20.4 Å². The van der Waals surface area contributed by atoms with E-state index >= 15 is 0 Å². The van der Waals surface area contributed by atoms with Crippen LogP contribution in [0, 0.1) is 116 Å². The van der Waals surface area contributed by atoms with Crippen LogP contribution in [0.4, 0.5) is 0 Å². The topological polar surface area (TPSA) is 278 Å². The number of hydrogen-bond acceptors (Lipinski definition) is 20. The maximum absolute atomic E-state index is 12.7. The quantitative estimate of drug-likeness (QED) is 0.103. The Labute approximate surface area is 762 Å². The first-order chi connectivity index (χ1) is 62.6. The molecule has 0 amide bonds. The van der Waals surface area contributed by atoms with Crippen molar-refractivity contribution in [2.24, 2.45) is 69.0 Å². The van der Waals surface area contributed by atoms with E-state index in [9.17, 15) is 20.4 Å². The predicted molar refractivity (Wildman–Crippen MR) is 480 cm³/mol. The number of ether oxygens (including phenoxy) is 8. The van der Waals surface area contributed by atoms with E-state index in [1.807, 2.05) is 71.2 Å². The summed E-state index contributed by atoms with van der Waals surface area (Å²) in [6, 6.07) is 26.5. The summed E-state index contributed by atoms with van der Waals surface area (Å²) in [5, 5.41) is 87.0. The lowest BCUT2D eigenvalue weighted by atomic mass is 9.53. The summed E-state index contributed by atoms with van der Waals surface area (Å²) in [6.45, 7) is 19.6. The Balaban J connectivity index is 0.460. The average Bonchev–Trinajstić information content (AvgIpc) is 1.55. The van der Waals surface area contributed by atoms with Gasteiger partial charge in [-0.2, -0.15) is 0 Å². The van der Waals surface area contributed by atoms with E-state index in [0.29, 0.717) is 146 Å².